The summed E-state index contributed by atoms with van der Waals surface area (Å²) in [5.74, 6) is 0.299. The fourth-order valence-corrected chi connectivity index (χ4v) is 11.7. The van der Waals surface area contributed by atoms with Crippen LogP contribution in [-0.4, -0.2) is 57.3 Å². The smallest absolute Gasteiger partial charge is 0.261 e. The molecule has 2 fully saturated rings. The molecule has 0 aromatic heterocycles. The minimum Gasteiger partial charge on any atom is -0.497 e. The first kappa shape index (κ1) is 34.5. The molecule has 248 valence electrons. The van der Waals surface area contributed by atoms with E-state index in [1.807, 2.05) is 44.2 Å². The highest BCUT2D eigenvalue weighted by Gasteiger charge is 2.51. The lowest BCUT2D eigenvalue weighted by Crippen LogP contribution is -2.66. The van der Waals surface area contributed by atoms with Gasteiger partial charge >= 0.3 is 0 Å². The number of aliphatic hydroxyl groups is 1. The Balaban J connectivity index is 1.25. The quantitative estimate of drug-likeness (QED) is 0.163. The summed E-state index contributed by atoms with van der Waals surface area (Å²) < 4.78 is 31.4. The Bertz CT molecular complexity index is 1350. The molecule has 7 heteroatoms. The molecule has 0 amide bonds. The minimum absolute atomic E-state index is 0.114. The van der Waals surface area contributed by atoms with Crippen LogP contribution < -0.4 is 15.1 Å². The van der Waals surface area contributed by atoms with Gasteiger partial charge in [-0.05, 0) is 66.2 Å². The van der Waals surface area contributed by atoms with Crippen LogP contribution in [0.2, 0.25) is 5.04 Å². The first-order valence-corrected chi connectivity index (χ1v) is 18.6. The number of methoxy groups -OCH3 is 1. The molecule has 6 nitrogen and oxygen atoms in total. The van der Waals surface area contributed by atoms with Crippen LogP contribution in [0, 0.1) is 5.92 Å². The molecule has 5 atom stereocenters. The Morgan fingerprint density at radius 3 is 2.13 bits per heavy atom. The monoisotopic (exact) mass is 644 g/mol. The second-order valence-electron chi connectivity index (χ2n) is 14.1. The summed E-state index contributed by atoms with van der Waals surface area (Å²) in [5, 5.41) is 13.8. The Morgan fingerprint density at radius 1 is 0.913 bits per heavy atom. The lowest BCUT2D eigenvalue weighted by atomic mass is 10.0. The molecule has 46 heavy (non-hydrogen) atoms. The van der Waals surface area contributed by atoms with Crippen LogP contribution in [0.4, 0.5) is 0 Å². The van der Waals surface area contributed by atoms with E-state index in [-0.39, 0.29) is 23.2 Å². The van der Waals surface area contributed by atoms with Crippen molar-refractivity contribution in [3.05, 3.63) is 103 Å². The topological polar surface area (TPSA) is 66.4 Å². The number of benzene rings is 3. The van der Waals surface area contributed by atoms with Gasteiger partial charge in [-0.25, -0.2) is 0 Å². The highest BCUT2D eigenvalue weighted by molar-refractivity contribution is 6.99. The van der Waals surface area contributed by atoms with Crippen molar-refractivity contribution in [2.24, 2.45) is 5.92 Å². The molecule has 1 N–H and O–H groups in total. The zero-order valence-electron chi connectivity index (χ0n) is 28.4. The van der Waals surface area contributed by atoms with Gasteiger partial charge in [-0.1, -0.05) is 112 Å². The minimum atomic E-state index is -2.68. The number of hydrogen-bond acceptors (Lipinski definition) is 6. The van der Waals surface area contributed by atoms with Crippen molar-refractivity contribution >= 4 is 18.7 Å². The van der Waals surface area contributed by atoms with Crippen molar-refractivity contribution in [1.82, 2.24) is 0 Å². The predicted octanol–water partition coefficient (Wildman–Crippen LogP) is 6.78. The number of aliphatic hydroxyl groups excluding tert-OH is 1. The number of rotatable bonds is 13. The molecule has 1 saturated carbocycles. The third-order valence-corrected chi connectivity index (χ3v) is 14.4. The van der Waals surface area contributed by atoms with Gasteiger partial charge in [0, 0.05) is 12.5 Å². The molecule has 5 rings (SSSR count). The molecule has 0 spiro atoms. The summed E-state index contributed by atoms with van der Waals surface area (Å²) in [4.78, 5) is 0. The maximum atomic E-state index is 11.4. The van der Waals surface area contributed by atoms with Crippen molar-refractivity contribution in [2.45, 2.75) is 102 Å². The van der Waals surface area contributed by atoms with E-state index in [2.05, 4.69) is 87.5 Å². The van der Waals surface area contributed by atoms with E-state index in [4.69, 9.17) is 23.4 Å². The van der Waals surface area contributed by atoms with Crippen molar-refractivity contribution in [2.75, 3.05) is 13.7 Å². The molecule has 3 aromatic carbocycles. The van der Waals surface area contributed by atoms with Gasteiger partial charge in [0.25, 0.3) is 8.32 Å². The Kier molecular flexibility index (Phi) is 11.2. The van der Waals surface area contributed by atoms with Gasteiger partial charge < -0.3 is 28.5 Å². The van der Waals surface area contributed by atoms with Gasteiger partial charge in [0.15, 0.2) is 5.79 Å². The fraction of sp³-hybridized carbons (Fsp3) is 0.487. The van der Waals surface area contributed by atoms with Gasteiger partial charge in [0.05, 0.1) is 25.9 Å². The van der Waals surface area contributed by atoms with Crippen molar-refractivity contribution in [1.29, 1.82) is 0 Å². The molecular weight excluding hydrogens is 593 g/mol. The van der Waals surface area contributed by atoms with E-state index < -0.39 is 26.3 Å². The van der Waals surface area contributed by atoms with Crippen LogP contribution >= 0.6 is 0 Å². The SMILES string of the molecule is COc1ccc(CO[C@H]2CCC[C@@H]2/C=C\C(O)C2OC(C)(C)OC2CCO[Si](c2ccccc2)(c2ccccc2)C(C)(C)C)cc1. The summed E-state index contributed by atoms with van der Waals surface area (Å²) in [5.41, 5.74) is 1.12. The lowest BCUT2D eigenvalue weighted by Gasteiger charge is -2.43. The Labute approximate surface area is 276 Å². The molecular formula is C39H52O6Si. The Morgan fingerprint density at radius 2 is 1.54 bits per heavy atom. The van der Waals surface area contributed by atoms with Crippen LogP contribution in [0.15, 0.2) is 97.1 Å². The zero-order valence-corrected chi connectivity index (χ0v) is 29.4. The van der Waals surface area contributed by atoms with E-state index >= 15 is 0 Å². The summed E-state index contributed by atoms with van der Waals surface area (Å²) in [6.45, 7) is 11.7. The molecule has 1 saturated heterocycles. The molecule has 3 aromatic rings. The van der Waals surface area contributed by atoms with Gasteiger partial charge in [0.1, 0.15) is 18.0 Å². The van der Waals surface area contributed by atoms with Gasteiger partial charge in [0.2, 0.25) is 0 Å². The van der Waals surface area contributed by atoms with E-state index in [0.717, 1.165) is 30.6 Å². The summed E-state index contributed by atoms with van der Waals surface area (Å²) in [6.07, 6.45) is 6.32. The van der Waals surface area contributed by atoms with Gasteiger partial charge in [-0.3, -0.25) is 0 Å². The largest absolute Gasteiger partial charge is 0.497 e. The molecule has 0 radical (unpaired) electrons. The van der Waals surface area contributed by atoms with Gasteiger partial charge in [-0.2, -0.15) is 0 Å². The second kappa shape index (κ2) is 15.0. The maximum absolute atomic E-state index is 11.4. The van der Waals surface area contributed by atoms with E-state index in [9.17, 15) is 5.11 Å². The third kappa shape index (κ3) is 8.01. The molecule has 3 unspecified atom stereocenters. The zero-order chi connectivity index (χ0) is 32.8. The Hall–Kier alpha value is -2.78. The summed E-state index contributed by atoms with van der Waals surface area (Å²) in [6, 6.07) is 29.3. The molecule has 1 aliphatic carbocycles. The predicted molar refractivity (Wildman–Crippen MR) is 186 cm³/mol. The van der Waals surface area contributed by atoms with Crippen molar-refractivity contribution in [3.8, 4) is 5.75 Å². The van der Waals surface area contributed by atoms with E-state index in [1.54, 1.807) is 7.11 Å². The summed E-state index contributed by atoms with van der Waals surface area (Å²) >= 11 is 0. The van der Waals surface area contributed by atoms with Crippen LogP contribution in [0.1, 0.15) is 65.9 Å². The normalized spacial score (nSPS) is 24.0. The molecule has 1 heterocycles. The molecule has 1 aliphatic heterocycles. The van der Waals surface area contributed by atoms with Crippen LogP contribution in [0.25, 0.3) is 0 Å². The average Bonchev–Trinajstić information content (AvgIpc) is 3.63. The van der Waals surface area contributed by atoms with Crippen LogP contribution in [0.3, 0.4) is 0 Å². The highest BCUT2D eigenvalue weighted by atomic mass is 28.4. The molecule has 0 bridgehead atoms. The lowest BCUT2D eigenvalue weighted by molar-refractivity contribution is -0.153. The maximum Gasteiger partial charge on any atom is 0.261 e. The van der Waals surface area contributed by atoms with Crippen LogP contribution in [-0.2, 0) is 25.2 Å². The standard InChI is InChI=1S/C39H52O6Si/c1-38(2,3)46(32-15-9-7-10-16-32,33-17-11-8-12-18-33)43-27-26-36-37(45-39(4,5)44-36)34(40)25-22-30-14-13-19-35(30)42-28-29-20-23-31(41-6)24-21-29/h7-12,15-18,20-25,30,34-37,40H,13-14,19,26-28H2,1-6H3/b25-22-/t30-,34?,35+,36?,37?/m1/s1. The van der Waals surface area contributed by atoms with Gasteiger partial charge in [-0.15, -0.1) is 0 Å². The highest BCUT2D eigenvalue weighted by Crippen LogP contribution is 2.38. The average molecular weight is 645 g/mol. The number of ether oxygens (including phenoxy) is 4. The van der Waals surface area contributed by atoms with Crippen LogP contribution in [0.5, 0.6) is 5.75 Å². The first-order chi connectivity index (χ1) is 22.0. The summed E-state index contributed by atoms with van der Waals surface area (Å²) in [7, 11) is -1.00. The van der Waals surface area contributed by atoms with Crippen molar-refractivity contribution < 1.29 is 28.5 Å². The van der Waals surface area contributed by atoms with Crippen molar-refractivity contribution in [3.63, 3.8) is 0 Å². The molecule has 2 aliphatic rings. The second-order valence-corrected chi connectivity index (χ2v) is 18.4. The number of hydrogen-bond donors (Lipinski definition) is 1. The van der Waals surface area contributed by atoms with E-state index in [1.165, 1.54) is 10.4 Å². The third-order valence-electron chi connectivity index (χ3n) is 9.38. The first-order valence-electron chi connectivity index (χ1n) is 16.7. The fourth-order valence-electron chi connectivity index (χ4n) is 7.14. The van der Waals surface area contributed by atoms with E-state index in [0.29, 0.717) is 19.6 Å².